The van der Waals surface area contributed by atoms with Crippen molar-refractivity contribution in [2.45, 2.75) is 0 Å². The van der Waals surface area contributed by atoms with E-state index in [1.54, 1.807) is 12.3 Å². The topological polar surface area (TPSA) is 34.0 Å². The normalized spacial score (nSPS) is 14.9. The molecule has 0 atom stereocenters. The van der Waals surface area contributed by atoms with E-state index in [2.05, 4.69) is 14.8 Å². The first-order valence-corrected chi connectivity index (χ1v) is 1.85. The van der Waals surface area contributed by atoms with Gasteiger partial charge in [0.25, 0.3) is 0 Å². The SMILES string of the molecule is B1=NN=CC=CO1. The second-order valence-corrected chi connectivity index (χ2v) is 0.950. The quantitative estimate of drug-likeness (QED) is 0.398. The molecule has 0 aromatic heterocycles. The number of rotatable bonds is 0. The average molecular weight is 93.9 g/mol. The summed E-state index contributed by atoms with van der Waals surface area (Å²) in [6, 6.07) is 0. The van der Waals surface area contributed by atoms with Crippen LogP contribution in [0.1, 0.15) is 0 Å². The van der Waals surface area contributed by atoms with Crippen molar-refractivity contribution in [3.63, 3.8) is 0 Å². The molecule has 0 saturated carbocycles. The molecule has 0 aromatic carbocycles. The zero-order valence-electron chi connectivity index (χ0n) is 3.61. The Bertz CT molecular complexity index is 115. The second-order valence-electron chi connectivity index (χ2n) is 0.950. The van der Waals surface area contributed by atoms with Gasteiger partial charge in [-0.1, -0.05) is 0 Å². The summed E-state index contributed by atoms with van der Waals surface area (Å²) < 4.78 is 4.60. The molecular weight excluding hydrogens is 90.9 g/mol. The van der Waals surface area contributed by atoms with Crippen LogP contribution in [0.4, 0.5) is 0 Å². The van der Waals surface area contributed by atoms with Crippen LogP contribution in [0.25, 0.3) is 0 Å². The van der Waals surface area contributed by atoms with Gasteiger partial charge >= 0.3 is 40.6 Å². The minimum atomic E-state index is 1.26. The number of hydrogen-bond donors (Lipinski definition) is 0. The fraction of sp³-hybridized carbons (Fsp3) is 0. The van der Waals surface area contributed by atoms with Crippen LogP contribution in [0.5, 0.6) is 0 Å². The summed E-state index contributed by atoms with van der Waals surface area (Å²) in [6.07, 6.45) is 4.70. The summed E-state index contributed by atoms with van der Waals surface area (Å²) in [6.45, 7) is 0. The minimum absolute atomic E-state index is 1.26. The number of hydrogen-bond acceptors (Lipinski definition) is 3. The summed E-state index contributed by atoms with van der Waals surface area (Å²) in [5.74, 6) is 0. The number of nitrogens with zero attached hydrogens (tertiary/aromatic N) is 2. The van der Waals surface area contributed by atoms with Gasteiger partial charge in [0, 0.05) is 0 Å². The monoisotopic (exact) mass is 94.0 g/mol. The van der Waals surface area contributed by atoms with Gasteiger partial charge in [-0.15, -0.1) is 0 Å². The molecule has 0 bridgehead atoms. The van der Waals surface area contributed by atoms with Gasteiger partial charge in [0.1, 0.15) is 0 Å². The maximum absolute atomic E-state index is 4.60. The van der Waals surface area contributed by atoms with E-state index in [0.29, 0.717) is 0 Å². The first-order chi connectivity index (χ1) is 3.50. The molecule has 1 heterocycles. The fourth-order valence-electron chi connectivity index (χ4n) is 0.247. The van der Waals surface area contributed by atoms with Gasteiger partial charge in [-0.25, -0.2) is 0 Å². The van der Waals surface area contributed by atoms with Crippen molar-refractivity contribution in [3.05, 3.63) is 12.3 Å². The molecule has 0 aromatic rings. The molecule has 0 spiro atoms. The Labute approximate surface area is 41.7 Å². The Hall–Kier alpha value is -0.925. The fourth-order valence-corrected chi connectivity index (χ4v) is 0.247. The van der Waals surface area contributed by atoms with Crippen LogP contribution in [0.2, 0.25) is 0 Å². The van der Waals surface area contributed by atoms with Crippen molar-refractivity contribution in [2.75, 3.05) is 0 Å². The van der Waals surface area contributed by atoms with Crippen LogP contribution in [0.3, 0.4) is 0 Å². The van der Waals surface area contributed by atoms with Crippen molar-refractivity contribution in [2.24, 2.45) is 10.1 Å². The Kier molecular flexibility index (Phi) is 1.38. The first-order valence-electron chi connectivity index (χ1n) is 1.85. The molecule has 3 nitrogen and oxygen atoms in total. The van der Waals surface area contributed by atoms with Crippen molar-refractivity contribution in [1.82, 2.24) is 0 Å². The van der Waals surface area contributed by atoms with Gasteiger partial charge in [-0.3, -0.25) is 0 Å². The van der Waals surface area contributed by atoms with Crippen LogP contribution in [-0.4, -0.2) is 13.5 Å². The van der Waals surface area contributed by atoms with Crippen molar-refractivity contribution in [1.29, 1.82) is 0 Å². The molecule has 0 unspecified atom stereocenters. The summed E-state index contributed by atoms with van der Waals surface area (Å²) in [4.78, 5) is 0. The molecule has 7 heavy (non-hydrogen) atoms. The second kappa shape index (κ2) is 2.28. The van der Waals surface area contributed by atoms with Gasteiger partial charge in [0.15, 0.2) is 0 Å². The first kappa shape index (κ1) is 4.24. The van der Waals surface area contributed by atoms with Gasteiger partial charge < -0.3 is 0 Å². The molecule has 0 saturated heterocycles. The Morgan fingerprint density at radius 2 is 2.57 bits per heavy atom. The summed E-state index contributed by atoms with van der Waals surface area (Å²) >= 11 is 0. The molecule has 0 radical (unpaired) electrons. The predicted octanol–water partition coefficient (Wildman–Crippen LogP) is 0.319. The molecule has 0 aliphatic carbocycles. The van der Waals surface area contributed by atoms with Gasteiger partial charge in [0.2, 0.25) is 0 Å². The van der Waals surface area contributed by atoms with E-state index in [4.69, 9.17) is 0 Å². The predicted molar refractivity (Wildman–Crippen MR) is 26.9 cm³/mol. The van der Waals surface area contributed by atoms with Crippen LogP contribution >= 0.6 is 0 Å². The van der Waals surface area contributed by atoms with Crippen LogP contribution < -0.4 is 0 Å². The summed E-state index contributed by atoms with van der Waals surface area (Å²) in [7, 11) is 1.26. The third-order valence-corrected chi connectivity index (χ3v) is 0.485. The van der Waals surface area contributed by atoms with Crippen molar-refractivity contribution < 1.29 is 4.65 Å². The standard InChI is InChI=1S/C3H3BN2O/c1-2-5-6-4-7-3-1/h1-3H. The van der Waals surface area contributed by atoms with Crippen molar-refractivity contribution >= 4 is 13.5 Å². The van der Waals surface area contributed by atoms with Crippen LogP contribution in [-0.2, 0) is 4.65 Å². The maximum atomic E-state index is 4.60. The molecule has 0 N–H and O–H groups in total. The van der Waals surface area contributed by atoms with Crippen molar-refractivity contribution in [3.8, 4) is 0 Å². The van der Waals surface area contributed by atoms with E-state index in [0.717, 1.165) is 0 Å². The van der Waals surface area contributed by atoms with Gasteiger partial charge in [-0.05, 0) is 0 Å². The van der Waals surface area contributed by atoms with E-state index in [-0.39, 0.29) is 0 Å². The Balaban J connectivity index is 2.60. The van der Waals surface area contributed by atoms with E-state index >= 15 is 0 Å². The zero-order chi connectivity index (χ0) is 4.95. The van der Waals surface area contributed by atoms with E-state index in [1.807, 2.05) is 0 Å². The van der Waals surface area contributed by atoms with Crippen LogP contribution in [0, 0.1) is 0 Å². The van der Waals surface area contributed by atoms with Crippen LogP contribution in [0.15, 0.2) is 22.4 Å². The molecule has 1 aliphatic heterocycles. The molecule has 1 aliphatic rings. The summed E-state index contributed by atoms with van der Waals surface area (Å²) in [5, 5.41) is 6.93. The molecule has 1 rings (SSSR count). The third-order valence-electron chi connectivity index (χ3n) is 0.485. The third kappa shape index (κ3) is 1.30. The van der Waals surface area contributed by atoms with Gasteiger partial charge in [0.05, 0.1) is 0 Å². The van der Waals surface area contributed by atoms with Gasteiger partial charge in [-0.2, -0.15) is 0 Å². The average Bonchev–Trinajstić information content (AvgIpc) is 1.90. The molecule has 34 valence electrons. The number of allylic oxidation sites excluding steroid dienone is 1. The van der Waals surface area contributed by atoms with E-state index in [9.17, 15) is 0 Å². The molecule has 0 amide bonds. The molecule has 4 heteroatoms. The molecular formula is C3H3BN2O. The molecule has 0 fully saturated rings. The Morgan fingerprint density at radius 1 is 1.57 bits per heavy atom. The van der Waals surface area contributed by atoms with E-state index in [1.165, 1.54) is 13.5 Å². The van der Waals surface area contributed by atoms with E-state index < -0.39 is 0 Å². The zero-order valence-corrected chi connectivity index (χ0v) is 3.61. The summed E-state index contributed by atoms with van der Waals surface area (Å²) in [5.41, 5.74) is 0. The Morgan fingerprint density at radius 3 is 3.57 bits per heavy atom.